The molecule has 1 amide bonds. The van der Waals surface area contributed by atoms with E-state index in [0.717, 1.165) is 11.3 Å². The van der Waals surface area contributed by atoms with Crippen LogP contribution >= 0.6 is 11.3 Å². The number of thiazole rings is 1. The molecule has 0 saturated heterocycles. The molecule has 1 aliphatic rings. The van der Waals surface area contributed by atoms with Crippen molar-refractivity contribution >= 4 is 28.3 Å². The summed E-state index contributed by atoms with van der Waals surface area (Å²) in [7, 11) is 0. The van der Waals surface area contributed by atoms with Crippen LogP contribution in [0.15, 0.2) is 0 Å². The summed E-state index contributed by atoms with van der Waals surface area (Å²) >= 11 is 1.46. The zero-order valence-corrected chi connectivity index (χ0v) is 11.7. The van der Waals surface area contributed by atoms with Gasteiger partial charge in [-0.2, -0.15) is 0 Å². The van der Waals surface area contributed by atoms with Gasteiger partial charge in [0.1, 0.15) is 5.92 Å². The maximum absolute atomic E-state index is 11.1. The van der Waals surface area contributed by atoms with Crippen LogP contribution in [0.3, 0.4) is 0 Å². The number of aromatic nitrogens is 1. The topological polar surface area (TPSA) is 105 Å². The molecule has 0 aromatic carbocycles. The van der Waals surface area contributed by atoms with Gasteiger partial charge in [-0.05, 0) is 26.7 Å². The molecule has 1 atom stereocenters. The number of carboxylic acid groups (broad SMARTS) is 1. The van der Waals surface area contributed by atoms with Gasteiger partial charge in [0.2, 0.25) is 5.91 Å². The van der Waals surface area contributed by atoms with Gasteiger partial charge in [-0.3, -0.25) is 9.59 Å². The molecule has 0 radical (unpaired) electrons. The maximum Gasteiger partial charge on any atom is 0.312 e. The second kappa shape index (κ2) is 4.80. The Morgan fingerprint density at radius 3 is 2.84 bits per heavy atom. The van der Waals surface area contributed by atoms with Gasteiger partial charge >= 0.3 is 5.97 Å². The van der Waals surface area contributed by atoms with Crippen LogP contribution in [0, 0.1) is 0 Å². The standard InChI is InChI=1S/C12H17N3O3S/c1-12(2,5-8(13)16)15-11-14-9-6(10(17)18)3-4-7(9)19-11/h6H,3-5H2,1-2H3,(H2,13,16)(H,14,15)(H,17,18). The highest BCUT2D eigenvalue weighted by molar-refractivity contribution is 7.15. The average Bonchev–Trinajstić information content (AvgIpc) is 2.72. The van der Waals surface area contributed by atoms with Crippen LogP contribution in [-0.2, 0) is 16.0 Å². The average molecular weight is 283 g/mol. The van der Waals surface area contributed by atoms with E-state index in [9.17, 15) is 9.59 Å². The van der Waals surface area contributed by atoms with E-state index in [2.05, 4.69) is 10.3 Å². The van der Waals surface area contributed by atoms with Gasteiger partial charge in [-0.25, -0.2) is 4.98 Å². The number of hydrogen-bond acceptors (Lipinski definition) is 5. The first-order valence-electron chi connectivity index (χ1n) is 6.07. The summed E-state index contributed by atoms with van der Waals surface area (Å²) in [6, 6.07) is 0. The molecule has 19 heavy (non-hydrogen) atoms. The number of fused-ring (bicyclic) bond motifs is 1. The number of carbonyl (C=O) groups excluding carboxylic acids is 1. The van der Waals surface area contributed by atoms with Crippen molar-refractivity contribution in [1.29, 1.82) is 0 Å². The molecule has 1 aromatic rings. The lowest BCUT2D eigenvalue weighted by Crippen LogP contribution is -2.35. The summed E-state index contributed by atoms with van der Waals surface area (Å²) in [6.45, 7) is 3.72. The first-order chi connectivity index (χ1) is 8.78. The lowest BCUT2D eigenvalue weighted by atomic mass is 10.0. The number of rotatable bonds is 5. The molecular weight excluding hydrogens is 266 g/mol. The summed E-state index contributed by atoms with van der Waals surface area (Å²) in [6.07, 6.45) is 1.57. The number of carbonyl (C=O) groups is 2. The fourth-order valence-corrected chi connectivity index (χ4v) is 3.51. The van der Waals surface area contributed by atoms with Gasteiger partial charge < -0.3 is 16.2 Å². The van der Waals surface area contributed by atoms with Gasteiger partial charge in [0.05, 0.1) is 5.69 Å². The Balaban J connectivity index is 2.14. The minimum absolute atomic E-state index is 0.194. The van der Waals surface area contributed by atoms with E-state index in [0.29, 0.717) is 17.2 Å². The Kier molecular flexibility index (Phi) is 3.49. The predicted octanol–water partition coefficient (Wildman–Crippen LogP) is 1.32. The molecule has 2 rings (SSSR count). The summed E-state index contributed by atoms with van der Waals surface area (Å²) in [4.78, 5) is 27.4. The normalized spacial score (nSPS) is 18.1. The number of hydrogen-bond donors (Lipinski definition) is 3. The van der Waals surface area contributed by atoms with Crippen molar-refractivity contribution in [1.82, 2.24) is 4.98 Å². The lowest BCUT2D eigenvalue weighted by molar-refractivity contribution is -0.138. The van der Waals surface area contributed by atoms with Crippen LogP contribution in [-0.4, -0.2) is 27.5 Å². The molecule has 1 aromatic heterocycles. The van der Waals surface area contributed by atoms with E-state index in [4.69, 9.17) is 10.8 Å². The van der Waals surface area contributed by atoms with Crippen LogP contribution in [0.5, 0.6) is 0 Å². The highest BCUT2D eigenvalue weighted by atomic mass is 32.1. The van der Waals surface area contributed by atoms with Crippen molar-refractivity contribution in [3.05, 3.63) is 10.6 Å². The van der Waals surface area contributed by atoms with E-state index in [1.807, 2.05) is 13.8 Å². The van der Waals surface area contributed by atoms with Crippen LogP contribution in [0.4, 0.5) is 5.13 Å². The smallest absolute Gasteiger partial charge is 0.312 e. The molecule has 7 heteroatoms. The number of aryl methyl sites for hydroxylation is 1. The molecule has 0 spiro atoms. The second-order valence-corrected chi connectivity index (χ2v) is 6.49. The predicted molar refractivity (Wildman–Crippen MR) is 72.3 cm³/mol. The Morgan fingerprint density at radius 2 is 2.26 bits per heavy atom. The summed E-state index contributed by atoms with van der Waals surface area (Å²) in [5, 5.41) is 12.9. The van der Waals surface area contributed by atoms with E-state index in [1.165, 1.54) is 11.3 Å². The molecule has 1 unspecified atom stereocenters. The first-order valence-corrected chi connectivity index (χ1v) is 6.89. The Morgan fingerprint density at radius 1 is 1.58 bits per heavy atom. The van der Waals surface area contributed by atoms with Gasteiger partial charge in [0, 0.05) is 16.8 Å². The summed E-state index contributed by atoms with van der Waals surface area (Å²) in [5.74, 6) is -1.71. The van der Waals surface area contributed by atoms with E-state index < -0.39 is 17.4 Å². The fraction of sp³-hybridized carbons (Fsp3) is 0.583. The molecule has 0 aliphatic heterocycles. The quantitative estimate of drug-likeness (QED) is 0.756. The highest BCUT2D eigenvalue weighted by Gasteiger charge is 2.33. The van der Waals surface area contributed by atoms with Crippen molar-refractivity contribution in [3.8, 4) is 0 Å². The largest absolute Gasteiger partial charge is 0.481 e. The summed E-state index contributed by atoms with van der Waals surface area (Å²) in [5.41, 5.74) is 5.36. The van der Waals surface area contributed by atoms with Gasteiger partial charge in [-0.15, -0.1) is 11.3 Å². The van der Waals surface area contributed by atoms with E-state index >= 15 is 0 Å². The zero-order valence-electron chi connectivity index (χ0n) is 10.9. The zero-order chi connectivity index (χ0) is 14.2. The van der Waals surface area contributed by atoms with Crippen molar-refractivity contribution in [2.45, 2.75) is 44.6 Å². The number of nitrogens with one attached hydrogen (secondary N) is 1. The fourth-order valence-electron chi connectivity index (χ4n) is 2.29. The molecule has 104 valence electrons. The molecule has 0 saturated carbocycles. The third kappa shape index (κ3) is 3.04. The third-order valence-electron chi connectivity index (χ3n) is 3.08. The molecule has 0 bridgehead atoms. The Hall–Kier alpha value is -1.63. The van der Waals surface area contributed by atoms with Crippen molar-refractivity contribution in [2.75, 3.05) is 5.32 Å². The van der Waals surface area contributed by atoms with Gasteiger partial charge in [0.25, 0.3) is 0 Å². The lowest BCUT2D eigenvalue weighted by Gasteiger charge is -2.24. The second-order valence-electron chi connectivity index (χ2n) is 5.41. The van der Waals surface area contributed by atoms with Crippen LogP contribution in [0.2, 0.25) is 0 Å². The Bertz CT molecular complexity index is 524. The van der Waals surface area contributed by atoms with Crippen LogP contribution in [0.25, 0.3) is 0 Å². The van der Waals surface area contributed by atoms with Crippen LogP contribution in [0.1, 0.15) is 43.2 Å². The SMILES string of the molecule is CC(C)(CC(N)=O)Nc1nc2c(s1)CCC2C(=O)O. The van der Waals surface area contributed by atoms with Crippen LogP contribution < -0.4 is 11.1 Å². The number of carboxylic acids is 1. The number of aliphatic carboxylic acids is 1. The van der Waals surface area contributed by atoms with Crippen molar-refractivity contribution < 1.29 is 14.7 Å². The van der Waals surface area contributed by atoms with Gasteiger partial charge in [0.15, 0.2) is 5.13 Å². The minimum Gasteiger partial charge on any atom is -0.481 e. The molecule has 1 heterocycles. The molecule has 6 nitrogen and oxygen atoms in total. The summed E-state index contributed by atoms with van der Waals surface area (Å²) < 4.78 is 0. The number of amides is 1. The van der Waals surface area contributed by atoms with E-state index in [-0.39, 0.29) is 12.3 Å². The third-order valence-corrected chi connectivity index (χ3v) is 4.12. The maximum atomic E-state index is 11.1. The number of primary amides is 1. The highest BCUT2D eigenvalue weighted by Crippen LogP contribution is 2.39. The van der Waals surface area contributed by atoms with Crippen molar-refractivity contribution in [3.63, 3.8) is 0 Å². The molecule has 0 fully saturated rings. The number of nitrogens with two attached hydrogens (primary N) is 1. The Labute approximate surface area is 115 Å². The van der Waals surface area contributed by atoms with E-state index in [1.54, 1.807) is 0 Å². The monoisotopic (exact) mass is 283 g/mol. The number of anilines is 1. The first kappa shape index (κ1) is 13.8. The molecule has 4 N–H and O–H groups in total. The molecular formula is C12H17N3O3S. The van der Waals surface area contributed by atoms with Crippen molar-refractivity contribution in [2.24, 2.45) is 5.73 Å². The molecule has 1 aliphatic carbocycles. The minimum atomic E-state index is -0.827. The number of nitrogens with zero attached hydrogens (tertiary/aromatic N) is 1. The van der Waals surface area contributed by atoms with Gasteiger partial charge in [-0.1, -0.05) is 0 Å².